The molecule has 0 aromatic heterocycles. The van der Waals surface area contributed by atoms with Gasteiger partial charge in [-0.25, -0.2) is 0 Å². The van der Waals surface area contributed by atoms with Gasteiger partial charge in [-0.2, -0.15) is 5.26 Å². The predicted octanol–water partition coefficient (Wildman–Crippen LogP) is 3.12. The molecule has 11 heavy (non-hydrogen) atoms. The van der Waals surface area contributed by atoms with Gasteiger partial charge in [0.1, 0.15) is 0 Å². The van der Waals surface area contributed by atoms with Gasteiger partial charge in [0.05, 0.1) is 6.07 Å². The van der Waals surface area contributed by atoms with Crippen LogP contribution >= 0.6 is 0 Å². The molecule has 62 valence electrons. The first-order valence-corrected chi connectivity index (χ1v) is 4.34. The van der Waals surface area contributed by atoms with Crippen molar-refractivity contribution in [1.82, 2.24) is 0 Å². The Labute approximate surface area is 69.4 Å². The SMILES string of the molecule is CC(C)(C)CC1(CC#N)CC1. The van der Waals surface area contributed by atoms with Crippen molar-refractivity contribution in [1.29, 1.82) is 5.26 Å². The Balaban J connectivity index is 2.43. The van der Waals surface area contributed by atoms with Crippen LogP contribution in [0.25, 0.3) is 0 Å². The number of nitriles is 1. The Kier molecular flexibility index (Phi) is 1.96. The maximum atomic E-state index is 8.59. The molecule has 0 bridgehead atoms. The topological polar surface area (TPSA) is 23.8 Å². The minimum Gasteiger partial charge on any atom is -0.198 e. The van der Waals surface area contributed by atoms with Gasteiger partial charge < -0.3 is 0 Å². The Bertz CT molecular complexity index is 176. The summed E-state index contributed by atoms with van der Waals surface area (Å²) < 4.78 is 0. The standard InChI is InChI=1S/C10H17N/c1-9(2,3)8-10(4-5-10)6-7-11/h4-6,8H2,1-3H3. The summed E-state index contributed by atoms with van der Waals surface area (Å²) >= 11 is 0. The highest BCUT2D eigenvalue weighted by molar-refractivity contribution is 5.00. The third kappa shape index (κ3) is 2.54. The molecule has 0 spiro atoms. The maximum Gasteiger partial charge on any atom is 0.0627 e. The molecule has 0 N–H and O–H groups in total. The lowest BCUT2D eigenvalue weighted by Gasteiger charge is -2.23. The van der Waals surface area contributed by atoms with Crippen LogP contribution in [-0.2, 0) is 0 Å². The summed E-state index contributed by atoms with van der Waals surface area (Å²) in [6.45, 7) is 6.76. The van der Waals surface area contributed by atoms with Crippen molar-refractivity contribution in [2.24, 2.45) is 10.8 Å². The quantitative estimate of drug-likeness (QED) is 0.595. The van der Waals surface area contributed by atoms with E-state index in [9.17, 15) is 0 Å². The molecule has 0 saturated heterocycles. The Morgan fingerprint density at radius 1 is 1.36 bits per heavy atom. The van der Waals surface area contributed by atoms with Crippen LogP contribution in [0.1, 0.15) is 46.5 Å². The highest BCUT2D eigenvalue weighted by Gasteiger charge is 2.44. The summed E-state index contributed by atoms with van der Waals surface area (Å²) in [5, 5.41) is 8.59. The van der Waals surface area contributed by atoms with Gasteiger partial charge in [0, 0.05) is 6.42 Å². The number of nitrogens with zero attached hydrogens (tertiary/aromatic N) is 1. The van der Waals surface area contributed by atoms with Crippen LogP contribution in [0.4, 0.5) is 0 Å². The van der Waals surface area contributed by atoms with Crippen molar-refractivity contribution in [3.63, 3.8) is 0 Å². The first-order chi connectivity index (χ1) is 4.97. The summed E-state index contributed by atoms with van der Waals surface area (Å²) in [4.78, 5) is 0. The number of rotatable bonds is 2. The second kappa shape index (κ2) is 2.52. The van der Waals surface area contributed by atoms with Crippen molar-refractivity contribution in [3.05, 3.63) is 0 Å². The van der Waals surface area contributed by atoms with Crippen molar-refractivity contribution in [2.75, 3.05) is 0 Å². The molecule has 0 atom stereocenters. The molecule has 0 heterocycles. The normalized spacial score (nSPS) is 20.9. The largest absolute Gasteiger partial charge is 0.198 e. The molecule has 0 unspecified atom stereocenters. The monoisotopic (exact) mass is 151 g/mol. The molecule has 0 aliphatic heterocycles. The zero-order valence-electron chi connectivity index (χ0n) is 7.78. The van der Waals surface area contributed by atoms with Gasteiger partial charge in [0.25, 0.3) is 0 Å². The van der Waals surface area contributed by atoms with E-state index in [0.29, 0.717) is 10.8 Å². The van der Waals surface area contributed by atoms with Crippen molar-refractivity contribution in [3.8, 4) is 6.07 Å². The van der Waals surface area contributed by atoms with Gasteiger partial charge in [0.15, 0.2) is 0 Å². The van der Waals surface area contributed by atoms with Crippen LogP contribution in [0.5, 0.6) is 0 Å². The summed E-state index contributed by atoms with van der Waals surface area (Å²) in [6.07, 6.45) is 4.54. The maximum absolute atomic E-state index is 8.59. The molecule has 1 saturated carbocycles. The lowest BCUT2D eigenvalue weighted by Crippen LogP contribution is -2.13. The molecule has 0 aromatic carbocycles. The summed E-state index contributed by atoms with van der Waals surface area (Å²) in [7, 11) is 0. The van der Waals surface area contributed by atoms with Crippen LogP contribution in [0, 0.1) is 22.2 Å². The fraction of sp³-hybridized carbons (Fsp3) is 0.900. The zero-order chi connectivity index (χ0) is 8.54. The van der Waals surface area contributed by atoms with Crippen LogP contribution in [0.2, 0.25) is 0 Å². The summed E-state index contributed by atoms with van der Waals surface area (Å²) in [6, 6.07) is 2.29. The average molecular weight is 151 g/mol. The lowest BCUT2D eigenvalue weighted by molar-refractivity contribution is 0.280. The molecule has 1 aliphatic rings. The highest BCUT2D eigenvalue weighted by Crippen LogP contribution is 2.55. The van der Waals surface area contributed by atoms with Crippen LogP contribution in [-0.4, -0.2) is 0 Å². The Morgan fingerprint density at radius 3 is 2.18 bits per heavy atom. The summed E-state index contributed by atoms with van der Waals surface area (Å²) in [5.74, 6) is 0. The number of hydrogen-bond acceptors (Lipinski definition) is 1. The van der Waals surface area contributed by atoms with Gasteiger partial charge >= 0.3 is 0 Å². The van der Waals surface area contributed by atoms with E-state index in [1.807, 2.05) is 0 Å². The fourth-order valence-electron chi connectivity index (χ4n) is 1.89. The van der Waals surface area contributed by atoms with E-state index < -0.39 is 0 Å². The van der Waals surface area contributed by atoms with E-state index in [4.69, 9.17) is 5.26 Å². The Hall–Kier alpha value is -0.510. The molecular formula is C10H17N. The minimum absolute atomic E-state index is 0.396. The van der Waals surface area contributed by atoms with E-state index in [1.54, 1.807) is 0 Å². The smallest absolute Gasteiger partial charge is 0.0627 e. The second-order valence-corrected chi connectivity index (χ2v) is 5.07. The van der Waals surface area contributed by atoms with Crippen LogP contribution in [0.3, 0.4) is 0 Å². The van der Waals surface area contributed by atoms with Crippen molar-refractivity contribution >= 4 is 0 Å². The lowest BCUT2D eigenvalue weighted by atomic mass is 9.81. The van der Waals surface area contributed by atoms with Crippen molar-refractivity contribution < 1.29 is 0 Å². The molecule has 1 fully saturated rings. The molecule has 0 amide bonds. The van der Waals surface area contributed by atoms with Crippen LogP contribution < -0.4 is 0 Å². The van der Waals surface area contributed by atoms with Crippen LogP contribution in [0.15, 0.2) is 0 Å². The van der Waals surface area contributed by atoms with Gasteiger partial charge in [-0.1, -0.05) is 20.8 Å². The molecule has 1 heteroatoms. The van der Waals surface area contributed by atoms with E-state index in [-0.39, 0.29) is 0 Å². The minimum atomic E-state index is 0.396. The molecule has 1 rings (SSSR count). The zero-order valence-corrected chi connectivity index (χ0v) is 7.78. The molecule has 0 aromatic rings. The molecule has 1 aliphatic carbocycles. The van der Waals surface area contributed by atoms with E-state index >= 15 is 0 Å². The molecule has 1 nitrogen and oxygen atoms in total. The van der Waals surface area contributed by atoms with Gasteiger partial charge in [0.2, 0.25) is 0 Å². The fourth-order valence-corrected chi connectivity index (χ4v) is 1.89. The van der Waals surface area contributed by atoms with Crippen molar-refractivity contribution in [2.45, 2.75) is 46.5 Å². The second-order valence-electron chi connectivity index (χ2n) is 5.07. The third-order valence-electron chi connectivity index (χ3n) is 2.32. The van der Waals surface area contributed by atoms with Gasteiger partial charge in [-0.3, -0.25) is 0 Å². The van der Waals surface area contributed by atoms with Gasteiger partial charge in [-0.15, -0.1) is 0 Å². The summed E-state index contributed by atoms with van der Waals surface area (Å²) in [5.41, 5.74) is 0.820. The molecule has 0 radical (unpaired) electrons. The first-order valence-electron chi connectivity index (χ1n) is 4.34. The average Bonchev–Trinajstić information content (AvgIpc) is 2.44. The molecular weight excluding hydrogens is 134 g/mol. The van der Waals surface area contributed by atoms with E-state index in [1.165, 1.54) is 19.3 Å². The first kappa shape index (κ1) is 8.59. The predicted molar refractivity (Wildman–Crippen MR) is 46.0 cm³/mol. The van der Waals surface area contributed by atoms with E-state index in [2.05, 4.69) is 26.8 Å². The third-order valence-corrected chi connectivity index (χ3v) is 2.32. The van der Waals surface area contributed by atoms with Gasteiger partial charge in [-0.05, 0) is 30.1 Å². The highest BCUT2D eigenvalue weighted by atomic mass is 14.5. The number of hydrogen-bond donors (Lipinski definition) is 0. The van der Waals surface area contributed by atoms with E-state index in [0.717, 1.165) is 6.42 Å². The Morgan fingerprint density at radius 2 is 1.91 bits per heavy atom.